The lowest BCUT2D eigenvalue weighted by Crippen LogP contribution is -2.38. The average molecular weight is 407 g/mol. The van der Waals surface area contributed by atoms with Gasteiger partial charge in [0.25, 0.3) is 0 Å². The topological polar surface area (TPSA) is 59.9 Å². The lowest BCUT2D eigenvalue weighted by Gasteiger charge is -2.18. The summed E-state index contributed by atoms with van der Waals surface area (Å²) in [5.41, 5.74) is 2.43. The first-order valence-corrected chi connectivity index (χ1v) is 10.6. The van der Waals surface area contributed by atoms with Crippen molar-refractivity contribution in [3.63, 3.8) is 0 Å². The molecule has 2 heterocycles. The van der Waals surface area contributed by atoms with E-state index in [1.807, 2.05) is 12.1 Å². The summed E-state index contributed by atoms with van der Waals surface area (Å²) in [5, 5.41) is 18.2. The monoisotopic (exact) mass is 406 g/mol. The number of guanidine groups is 1. The minimum Gasteiger partial charge on any atom is -0.386 e. The SMILES string of the molecule is CN=C(NCc1ccc(N2CC=CC2)cc1)NCC(O)c1cc2ccccc2s1. The number of nitrogens with zero attached hydrogens (tertiary/aromatic N) is 2. The van der Waals surface area contributed by atoms with Gasteiger partial charge < -0.3 is 20.6 Å². The van der Waals surface area contributed by atoms with Gasteiger partial charge in [-0.3, -0.25) is 4.99 Å². The molecule has 4 rings (SSSR count). The third-order valence-corrected chi connectivity index (χ3v) is 6.26. The van der Waals surface area contributed by atoms with Gasteiger partial charge in [-0.2, -0.15) is 0 Å². The number of hydrogen-bond donors (Lipinski definition) is 3. The Morgan fingerprint density at radius 3 is 2.59 bits per heavy atom. The smallest absolute Gasteiger partial charge is 0.191 e. The van der Waals surface area contributed by atoms with Crippen molar-refractivity contribution in [1.29, 1.82) is 0 Å². The van der Waals surface area contributed by atoms with Crippen molar-refractivity contribution in [1.82, 2.24) is 10.6 Å². The van der Waals surface area contributed by atoms with E-state index in [9.17, 15) is 5.11 Å². The zero-order valence-electron chi connectivity index (χ0n) is 16.5. The lowest BCUT2D eigenvalue weighted by atomic mass is 10.2. The summed E-state index contributed by atoms with van der Waals surface area (Å²) in [6.07, 6.45) is 3.82. The Hall–Kier alpha value is -2.83. The molecular formula is C23H26N4OS. The molecule has 3 aromatic rings. The highest BCUT2D eigenvalue weighted by molar-refractivity contribution is 7.19. The quantitative estimate of drug-likeness (QED) is 0.332. The van der Waals surface area contributed by atoms with Crippen molar-refractivity contribution in [2.24, 2.45) is 4.99 Å². The molecule has 0 saturated heterocycles. The van der Waals surface area contributed by atoms with Crippen molar-refractivity contribution >= 4 is 33.1 Å². The van der Waals surface area contributed by atoms with Crippen LogP contribution in [0.5, 0.6) is 0 Å². The Labute approximate surface area is 175 Å². The number of aliphatic hydroxyl groups excluding tert-OH is 1. The summed E-state index contributed by atoms with van der Waals surface area (Å²) in [4.78, 5) is 7.55. The number of rotatable bonds is 6. The Bertz CT molecular complexity index is 968. The molecule has 0 spiro atoms. The van der Waals surface area contributed by atoms with Gasteiger partial charge in [0.15, 0.2) is 5.96 Å². The first-order chi connectivity index (χ1) is 14.2. The van der Waals surface area contributed by atoms with E-state index in [-0.39, 0.29) is 0 Å². The van der Waals surface area contributed by atoms with Gasteiger partial charge in [0, 0.05) is 48.5 Å². The van der Waals surface area contributed by atoms with Crippen LogP contribution >= 0.6 is 11.3 Å². The van der Waals surface area contributed by atoms with Crippen LogP contribution in [-0.4, -0.2) is 37.7 Å². The first kappa shape index (κ1) is 19.5. The van der Waals surface area contributed by atoms with Crippen LogP contribution in [-0.2, 0) is 6.54 Å². The molecule has 1 atom stereocenters. The number of nitrogens with one attached hydrogen (secondary N) is 2. The predicted octanol–water partition coefficient (Wildman–Crippen LogP) is 3.68. The Balaban J connectivity index is 1.28. The van der Waals surface area contributed by atoms with Gasteiger partial charge in [0.2, 0.25) is 0 Å². The number of fused-ring (bicyclic) bond motifs is 1. The van der Waals surface area contributed by atoms with E-state index in [2.05, 4.69) is 75.1 Å². The summed E-state index contributed by atoms with van der Waals surface area (Å²) < 4.78 is 1.19. The Morgan fingerprint density at radius 2 is 1.86 bits per heavy atom. The largest absolute Gasteiger partial charge is 0.386 e. The van der Waals surface area contributed by atoms with Gasteiger partial charge in [-0.25, -0.2) is 0 Å². The highest BCUT2D eigenvalue weighted by Crippen LogP contribution is 2.29. The van der Waals surface area contributed by atoms with Gasteiger partial charge in [-0.15, -0.1) is 11.3 Å². The van der Waals surface area contributed by atoms with E-state index in [0.29, 0.717) is 19.0 Å². The molecule has 0 amide bonds. The fourth-order valence-corrected chi connectivity index (χ4v) is 4.43. The highest BCUT2D eigenvalue weighted by atomic mass is 32.1. The molecule has 1 unspecified atom stereocenters. The van der Waals surface area contributed by atoms with Crippen molar-refractivity contribution in [2.75, 3.05) is 31.6 Å². The van der Waals surface area contributed by atoms with Crippen LogP contribution < -0.4 is 15.5 Å². The number of anilines is 1. The van der Waals surface area contributed by atoms with Crippen molar-refractivity contribution in [2.45, 2.75) is 12.6 Å². The summed E-state index contributed by atoms with van der Waals surface area (Å²) in [5.74, 6) is 0.679. The van der Waals surface area contributed by atoms with Gasteiger partial charge in [0.05, 0.1) is 0 Å². The molecule has 0 radical (unpaired) electrons. The summed E-state index contributed by atoms with van der Waals surface area (Å²) in [6, 6.07) is 18.8. The second kappa shape index (κ2) is 9.11. The summed E-state index contributed by atoms with van der Waals surface area (Å²) in [6.45, 7) is 3.05. The van der Waals surface area contributed by atoms with E-state index < -0.39 is 6.10 Å². The van der Waals surface area contributed by atoms with Crippen LogP contribution in [0.15, 0.2) is 71.7 Å². The van der Waals surface area contributed by atoms with E-state index in [1.165, 1.54) is 21.3 Å². The molecule has 1 aliphatic heterocycles. The third kappa shape index (κ3) is 4.78. The molecule has 29 heavy (non-hydrogen) atoms. The minimum atomic E-state index is -0.570. The second-order valence-corrected chi connectivity index (χ2v) is 8.17. The van der Waals surface area contributed by atoms with Crippen LogP contribution in [0.25, 0.3) is 10.1 Å². The third-order valence-electron chi connectivity index (χ3n) is 5.04. The van der Waals surface area contributed by atoms with Crippen LogP contribution in [0.4, 0.5) is 5.69 Å². The van der Waals surface area contributed by atoms with Gasteiger partial charge >= 0.3 is 0 Å². The average Bonchev–Trinajstić information content (AvgIpc) is 3.44. The molecule has 5 nitrogen and oxygen atoms in total. The molecule has 0 bridgehead atoms. The number of hydrogen-bond acceptors (Lipinski definition) is 4. The standard InChI is InChI=1S/C23H26N4OS/c1-24-23(25-15-17-8-10-19(11-9-17)27-12-4-5-13-27)26-16-20(28)22-14-18-6-2-3-7-21(18)29-22/h2-11,14,20,28H,12-13,15-16H2,1H3,(H2,24,25,26). The molecular weight excluding hydrogens is 380 g/mol. The zero-order valence-corrected chi connectivity index (χ0v) is 17.3. The molecule has 0 saturated carbocycles. The molecule has 2 aromatic carbocycles. The maximum atomic E-state index is 10.5. The van der Waals surface area contributed by atoms with Crippen LogP contribution in [0.3, 0.4) is 0 Å². The number of benzene rings is 2. The molecule has 1 aliphatic rings. The minimum absolute atomic E-state index is 0.410. The molecule has 3 N–H and O–H groups in total. The van der Waals surface area contributed by atoms with Gasteiger partial charge in [-0.05, 0) is 35.2 Å². The van der Waals surface area contributed by atoms with E-state index in [4.69, 9.17) is 0 Å². The van der Waals surface area contributed by atoms with Crippen molar-refractivity contribution < 1.29 is 5.11 Å². The Morgan fingerprint density at radius 1 is 1.10 bits per heavy atom. The molecule has 6 heteroatoms. The maximum absolute atomic E-state index is 10.5. The zero-order chi connectivity index (χ0) is 20.1. The Kier molecular flexibility index (Phi) is 6.12. The van der Waals surface area contributed by atoms with Crippen molar-refractivity contribution in [3.8, 4) is 0 Å². The fourth-order valence-electron chi connectivity index (χ4n) is 3.38. The number of thiophene rings is 1. The van der Waals surface area contributed by atoms with Crippen LogP contribution in [0.2, 0.25) is 0 Å². The molecule has 1 aromatic heterocycles. The second-order valence-electron chi connectivity index (χ2n) is 7.05. The van der Waals surface area contributed by atoms with Gasteiger partial charge in [0.1, 0.15) is 6.10 Å². The summed E-state index contributed by atoms with van der Waals surface area (Å²) in [7, 11) is 1.74. The number of aliphatic imine (C=N–C) groups is 1. The molecule has 0 fully saturated rings. The van der Waals surface area contributed by atoms with Crippen LogP contribution in [0.1, 0.15) is 16.5 Å². The van der Waals surface area contributed by atoms with Crippen molar-refractivity contribution in [3.05, 3.63) is 77.2 Å². The molecule has 150 valence electrons. The van der Waals surface area contributed by atoms with E-state index in [0.717, 1.165) is 18.0 Å². The van der Waals surface area contributed by atoms with Crippen LogP contribution in [0, 0.1) is 0 Å². The maximum Gasteiger partial charge on any atom is 0.191 e. The lowest BCUT2D eigenvalue weighted by molar-refractivity contribution is 0.184. The highest BCUT2D eigenvalue weighted by Gasteiger charge is 2.12. The van der Waals surface area contributed by atoms with Gasteiger partial charge in [-0.1, -0.05) is 42.5 Å². The predicted molar refractivity (Wildman–Crippen MR) is 123 cm³/mol. The normalized spacial score (nSPS) is 15.1. The summed E-state index contributed by atoms with van der Waals surface area (Å²) >= 11 is 1.63. The fraction of sp³-hybridized carbons (Fsp3) is 0.261. The van der Waals surface area contributed by atoms with E-state index in [1.54, 1.807) is 18.4 Å². The number of aliphatic hydroxyl groups is 1. The molecule has 0 aliphatic carbocycles. The first-order valence-electron chi connectivity index (χ1n) is 9.83. The van der Waals surface area contributed by atoms with E-state index >= 15 is 0 Å².